The van der Waals surface area contributed by atoms with Crippen LogP contribution in [0, 0.1) is 0 Å². The first kappa shape index (κ1) is 17.3. The standard InChI is InChI=1S/C16H23BO4S/c1-6-11-22(18,19)12-13-7-9-14(10-8-13)17-20-15(2,3)16(4,5)21-17/h6-10H,1,11-12H2,2-5H3. The first-order chi connectivity index (χ1) is 10.1. The van der Waals surface area contributed by atoms with Gasteiger partial charge in [-0.2, -0.15) is 0 Å². The third kappa shape index (κ3) is 3.62. The fraction of sp³-hybridized carbons (Fsp3) is 0.500. The molecule has 2 rings (SSSR count). The minimum absolute atomic E-state index is 0.00796. The van der Waals surface area contributed by atoms with Gasteiger partial charge in [0, 0.05) is 0 Å². The van der Waals surface area contributed by atoms with Gasteiger partial charge in [-0.25, -0.2) is 8.42 Å². The molecular weight excluding hydrogens is 299 g/mol. The highest BCUT2D eigenvalue weighted by Gasteiger charge is 2.51. The van der Waals surface area contributed by atoms with Gasteiger partial charge in [-0.1, -0.05) is 30.3 Å². The maximum Gasteiger partial charge on any atom is 0.494 e. The van der Waals surface area contributed by atoms with Gasteiger partial charge >= 0.3 is 7.12 Å². The van der Waals surface area contributed by atoms with Gasteiger partial charge in [-0.15, -0.1) is 6.58 Å². The highest BCUT2D eigenvalue weighted by atomic mass is 32.2. The Labute approximate surface area is 133 Å². The fourth-order valence-corrected chi connectivity index (χ4v) is 3.42. The highest BCUT2D eigenvalue weighted by Crippen LogP contribution is 2.36. The minimum Gasteiger partial charge on any atom is -0.399 e. The smallest absolute Gasteiger partial charge is 0.399 e. The van der Waals surface area contributed by atoms with Gasteiger partial charge in [0.15, 0.2) is 9.84 Å². The lowest BCUT2D eigenvalue weighted by Gasteiger charge is -2.32. The Kier molecular flexibility index (Phi) is 4.57. The van der Waals surface area contributed by atoms with Crippen LogP contribution in [0.3, 0.4) is 0 Å². The molecule has 1 fully saturated rings. The molecule has 0 amide bonds. The molecule has 1 aliphatic rings. The second-order valence-corrected chi connectivity index (χ2v) is 8.78. The average Bonchev–Trinajstić information content (AvgIpc) is 2.58. The Morgan fingerprint density at radius 2 is 1.59 bits per heavy atom. The zero-order valence-corrected chi connectivity index (χ0v) is 14.4. The zero-order chi connectivity index (χ0) is 16.6. The van der Waals surface area contributed by atoms with E-state index in [4.69, 9.17) is 9.31 Å². The van der Waals surface area contributed by atoms with E-state index in [1.54, 1.807) is 12.1 Å². The monoisotopic (exact) mass is 322 g/mol. The van der Waals surface area contributed by atoms with Gasteiger partial charge in [0.1, 0.15) is 0 Å². The van der Waals surface area contributed by atoms with Crippen LogP contribution in [-0.4, -0.2) is 32.5 Å². The summed E-state index contributed by atoms with van der Waals surface area (Å²) in [4.78, 5) is 0. The minimum atomic E-state index is -3.13. The molecule has 1 aliphatic heterocycles. The maximum atomic E-state index is 11.8. The van der Waals surface area contributed by atoms with Gasteiger partial charge in [-0.05, 0) is 38.7 Å². The van der Waals surface area contributed by atoms with Crippen molar-refractivity contribution in [1.82, 2.24) is 0 Å². The van der Waals surface area contributed by atoms with Crippen molar-refractivity contribution in [2.75, 3.05) is 5.75 Å². The molecule has 0 spiro atoms. The van der Waals surface area contributed by atoms with Crippen molar-refractivity contribution in [1.29, 1.82) is 0 Å². The summed E-state index contributed by atoms with van der Waals surface area (Å²) in [7, 11) is -3.56. The number of sulfone groups is 1. The van der Waals surface area contributed by atoms with Crippen molar-refractivity contribution in [3.05, 3.63) is 42.5 Å². The molecule has 1 aromatic carbocycles. The summed E-state index contributed by atoms with van der Waals surface area (Å²) in [6.45, 7) is 11.5. The lowest BCUT2D eigenvalue weighted by molar-refractivity contribution is 0.00578. The maximum absolute atomic E-state index is 11.8. The molecule has 1 aromatic rings. The number of hydrogen-bond donors (Lipinski definition) is 0. The largest absolute Gasteiger partial charge is 0.494 e. The topological polar surface area (TPSA) is 52.6 Å². The van der Waals surface area contributed by atoms with Gasteiger partial charge in [-0.3, -0.25) is 0 Å². The molecule has 0 radical (unpaired) electrons. The molecule has 4 nitrogen and oxygen atoms in total. The summed E-state index contributed by atoms with van der Waals surface area (Å²) in [5, 5.41) is 0. The molecule has 0 bridgehead atoms. The SMILES string of the molecule is C=CCS(=O)(=O)Cc1ccc(B2OC(C)(C)C(C)(C)O2)cc1. The third-order valence-corrected chi connectivity index (χ3v) is 5.78. The number of benzene rings is 1. The van der Waals surface area contributed by atoms with Crippen molar-refractivity contribution >= 4 is 22.4 Å². The van der Waals surface area contributed by atoms with E-state index in [9.17, 15) is 8.42 Å². The van der Waals surface area contributed by atoms with Crippen molar-refractivity contribution in [3.63, 3.8) is 0 Å². The Hall–Kier alpha value is -1.11. The summed E-state index contributed by atoms with van der Waals surface area (Å²) in [6.07, 6.45) is 1.41. The van der Waals surface area contributed by atoms with E-state index in [0.29, 0.717) is 0 Å². The molecule has 1 heterocycles. The predicted molar refractivity (Wildman–Crippen MR) is 89.8 cm³/mol. The van der Waals surface area contributed by atoms with Crippen LogP contribution in [0.5, 0.6) is 0 Å². The van der Waals surface area contributed by atoms with E-state index in [2.05, 4.69) is 6.58 Å². The molecule has 0 aromatic heterocycles. The van der Waals surface area contributed by atoms with E-state index in [0.717, 1.165) is 11.0 Å². The molecule has 0 aliphatic carbocycles. The molecule has 0 unspecified atom stereocenters. The Bertz CT molecular complexity index is 631. The van der Waals surface area contributed by atoms with Gasteiger partial charge < -0.3 is 9.31 Å². The summed E-state index contributed by atoms with van der Waals surface area (Å²) < 4.78 is 35.5. The number of rotatable bonds is 5. The Morgan fingerprint density at radius 1 is 1.09 bits per heavy atom. The molecule has 0 saturated carbocycles. The summed E-state index contributed by atoms with van der Waals surface area (Å²) >= 11 is 0. The van der Waals surface area contributed by atoms with Crippen LogP contribution < -0.4 is 5.46 Å². The van der Waals surface area contributed by atoms with E-state index >= 15 is 0 Å². The van der Waals surface area contributed by atoms with Gasteiger partial charge in [0.25, 0.3) is 0 Å². The van der Waals surface area contributed by atoms with Crippen molar-refractivity contribution < 1.29 is 17.7 Å². The quantitative estimate of drug-likeness (QED) is 0.615. The molecule has 1 saturated heterocycles. The third-order valence-electron chi connectivity index (χ3n) is 4.26. The first-order valence-electron chi connectivity index (χ1n) is 7.32. The van der Waals surface area contributed by atoms with Crippen molar-refractivity contribution in [3.8, 4) is 0 Å². The van der Waals surface area contributed by atoms with Crippen molar-refractivity contribution in [2.24, 2.45) is 0 Å². The second-order valence-electron chi connectivity index (χ2n) is 6.67. The van der Waals surface area contributed by atoms with E-state index in [-0.39, 0.29) is 22.7 Å². The predicted octanol–water partition coefficient (Wildman–Crippen LogP) is 2.09. The molecular formula is C16H23BO4S. The molecule has 22 heavy (non-hydrogen) atoms. The molecule has 120 valence electrons. The van der Waals surface area contributed by atoms with Crippen LogP contribution in [-0.2, 0) is 24.9 Å². The van der Waals surface area contributed by atoms with Gasteiger partial charge in [0.05, 0.1) is 22.7 Å². The van der Waals surface area contributed by atoms with Crippen LogP contribution in [0.2, 0.25) is 0 Å². The van der Waals surface area contributed by atoms with Gasteiger partial charge in [0.2, 0.25) is 0 Å². The molecule has 0 atom stereocenters. The summed E-state index contributed by atoms with van der Waals surface area (Å²) in [6, 6.07) is 7.34. The summed E-state index contributed by atoms with van der Waals surface area (Å²) in [5.74, 6) is 0.00858. The summed E-state index contributed by atoms with van der Waals surface area (Å²) in [5.41, 5.74) is 0.874. The van der Waals surface area contributed by atoms with Crippen molar-refractivity contribution in [2.45, 2.75) is 44.6 Å². The average molecular weight is 322 g/mol. The zero-order valence-electron chi connectivity index (χ0n) is 13.6. The number of hydrogen-bond acceptors (Lipinski definition) is 4. The van der Waals surface area contributed by atoms with Crippen LogP contribution in [0.25, 0.3) is 0 Å². The lowest BCUT2D eigenvalue weighted by Crippen LogP contribution is -2.41. The van der Waals surface area contributed by atoms with Crippen LogP contribution in [0.15, 0.2) is 36.9 Å². The normalized spacial score (nSPS) is 20.1. The van der Waals surface area contributed by atoms with Crippen LogP contribution in [0.4, 0.5) is 0 Å². The van der Waals surface area contributed by atoms with E-state index in [1.807, 2.05) is 39.8 Å². The highest BCUT2D eigenvalue weighted by molar-refractivity contribution is 7.90. The first-order valence-corrected chi connectivity index (χ1v) is 9.14. The molecule has 0 N–H and O–H groups in total. The van der Waals surface area contributed by atoms with Crippen LogP contribution >= 0.6 is 0 Å². The Balaban J connectivity index is 2.12. The van der Waals surface area contributed by atoms with E-state index in [1.165, 1.54) is 6.08 Å². The lowest BCUT2D eigenvalue weighted by atomic mass is 9.79. The molecule has 6 heteroatoms. The van der Waals surface area contributed by atoms with E-state index < -0.39 is 17.0 Å². The fourth-order valence-electron chi connectivity index (χ4n) is 2.24. The van der Waals surface area contributed by atoms with Crippen LogP contribution in [0.1, 0.15) is 33.3 Å². The Morgan fingerprint density at radius 3 is 2.05 bits per heavy atom. The second kappa shape index (κ2) is 5.83.